The highest BCUT2D eigenvalue weighted by atomic mass is 32.2. The van der Waals surface area contributed by atoms with E-state index in [-0.39, 0.29) is 11.0 Å². The maximum atomic E-state index is 13.3. The lowest BCUT2D eigenvalue weighted by Crippen LogP contribution is -2.07. The second-order valence-electron chi connectivity index (χ2n) is 6.56. The fraction of sp³-hybridized carbons (Fsp3) is 0.0870. The summed E-state index contributed by atoms with van der Waals surface area (Å²) in [6, 6.07) is 24.8. The molecule has 0 fully saturated rings. The van der Waals surface area contributed by atoms with E-state index in [1.165, 1.54) is 4.90 Å². The zero-order chi connectivity index (χ0) is 18.4. The van der Waals surface area contributed by atoms with Crippen LogP contribution in [0.3, 0.4) is 0 Å². The second-order valence-corrected chi connectivity index (χ2v) is 8.58. The average Bonchev–Trinajstić information content (AvgIpc) is 2.88. The lowest BCUT2D eigenvalue weighted by molar-refractivity contribution is 0.103. The molecule has 2 aliphatic rings. The van der Waals surface area contributed by atoms with E-state index in [0.717, 1.165) is 38.5 Å². The van der Waals surface area contributed by atoms with Gasteiger partial charge in [-0.15, -0.1) is 23.5 Å². The van der Waals surface area contributed by atoms with Gasteiger partial charge in [-0.3, -0.25) is 4.79 Å². The molecule has 1 aliphatic carbocycles. The SMILES string of the molecule is CSc1ccc([C@@H]2Sc3ccccc3NC3=C2C(=O)c2ccccc23)cc1. The summed E-state index contributed by atoms with van der Waals surface area (Å²) in [6.45, 7) is 0. The number of carbonyl (C=O) groups excluding carboxylic acids is 1. The second kappa shape index (κ2) is 6.63. The van der Waals surface area contributed by atoms with Crippen LogP contribution < -0.4 is 5.32 Å². The van der Waals surface area contributed by atoms with Crippen LogP contribution in [0.2, 0.25) is 0 Å². The number of nitrogens with one attached hydrogen (secondary N) is 1. The van der Waals surface area contributed by atoms with Gasteiger partial charge in [0, 0.05) is 26.5 Å². The first-order valence-electron chi connectivity index (χ1n) is 8.81. The van der Waals surface area contributed by atoms with Crippen molar-refractivity contribution >= 4 is 40.7 Å². The normalized spacial score (nSPS) is 17.7. The van der Waals surface area contributed by atoms with E-state index in [9.17, 15) is 4.79 Å². The third-order valence-electron chi connectivity index (χ3n) is 5.03. The molecule has 0 unspecified atom stereocenters. The number of hydrogen-bond donors (Lipinski definition) is 1. The standard InChI is InChI=1S/C23H17NOS2/c1-26-15-12-10-14(11-13-15)23-20-21(16-6-2-3-7-17(16)22(20)25)24-18-8-4-5-9-19(18)27-23/h2-13,23-24H,1H3/t23-/m0/s1. The number of anilines is 1. The van der Waals surface area contributed by atoms with Crippen molar-refractivity contribution in [3.8, 4) is 0 Å². The fourth-order valence-electron chi connectivity index (χ4n) is 3.69. The molecule has 3 aromatic rings. The summed E-state index contributed by atoms with van der Waals surface area (Å²) in [5.41, 5.74) is 5.82. The van der Waals surface area contributed by atoms with Gasteiger partial charge in [-0.1, -0.05) is 48.5 Å². The molecule has 1 N–H and O–H groups in total. The molecule has 1 aliphatic heterocycles. The Hall–Kier alpha value is -2.43. The molecule has 0 aromatic heterocycles. The number of benzene rings is 3. The Morgan fingerprint density at radius 3 is 2.37 bits per heavy atom. The Labute approximate surface area is 167 Å². The van der Waals surface area contributed by atoms with E-state index in [1.54, 1.807) is 23.5 Å². The minimum Gasteiger partial charge on any atom is -0.354 e. The molecule has 0 radical (unpaired) electrons. The Morgan fingerprint density at radius 1 is 0.889 bits per heavy atom. The summed E-state index contributed by atoms with van der Waals surface area (Å²) < 4.78 is 0. The fourth-order valence-corrected chi connectivity index (χ4v) is 5.40. The minimum atomic E-state index is -0.0352. The number of thioether (sulfide) groups is 2. The van der Waals surface area contributed by atoms with Crippen LogP contribution in [-0.2, 0) is 0 Å². The van der Waals surface area contributed by atoms with Crippen LogP contribution >= 0.6 is 23.5 Å². The first-order chi connectivity index (χ1) is 13.3. The predicted molar refractivity (Wildman–Crippen MR) is 115 cm³/mol. The quantitative estimate of drug-likeness (QED) is 0.524. The number of rotatable bonds is 2. The highest BCUT2D eigenvalue weighted by Crippen LogP contribution is 2.52. The van der Waals surface area contributed by atoms with Crippen LogP contribution in [0.15, 0.2) is 88.2 Å². The largest absolute Gasteiger partial charge is 0.354 e. The van der Waals surface area contributed by atoms with E-state index >= 15 is 0 Å². The summed E-state index contributed by atoms with van der Waals surface area (Å²) in [5.74, 6) is 0.132. The molecule has 27 heavy (non-hydrogen) atoms. The van der Waals surface area contributed by atoms with E-state index in [2.05, 4.69) is 48.0 Å². The number of hydrogen-bond acceptors (Lipinski definition) is 4. The van der Waals surface area contributed by atoms with E-state index in [1.807, 2.05) is 36.4 Å². The highest BCUT2D eigenvalue weighted by molar-refractivity contribution is 8.00. The third-order valence-corrected chi connectivity index (χ3v) is 7.12. The smallest absolute Gasteiger partial charge is 0.193 e. The van der Waals surface area contributed by atoms with E-state index in [4.69, 9.17) is 0 Å². The number of carbonyl (C=O) groups is 1. The topological polar surface area (TPSA) is 29.1 Å². The van der Waals surface area contributed by atoms with Crippen molar-refractivity contribution in [1.29, 1.82) is 0 Å². The molecule has 0 saturated carbocycles. The molecule has 0 saturated heterocycles. The van der Waals surface area contributed by atoms with Gasteiger partial charge in [0.15, 0.2) is 5.78 Å². The van der Waals surface area contributed by atoms with Gasteiger partial charge >= 0.3 is 0 Å². The van der Waals surface area contributed by atoms with Gasteiger partial charge in [0.1, 0.15) is 0 Å². The van der Waals surface area contributed by atoms with Crippen molar-refractivity contribution in [2.75, 3.05) is 11.6 Å². The van der Waals surface area contributed by atoms with Crippen LogP contribution in [0, 0.1) is 0 Å². The van der Waals surface area contributed by atoms with Crippen LogP contribution in [-0.4, -0.2) is 12.0 Å². The average molecular weight is 388 g/mol. The summed E-state index contributed by atoms with van der Waals surface area (Å²) >= 11 is 3.48. The van der Waals surface area contributed by atoms with Crippen molar-refractivity contribution in [1.82, 2.24) is 0 Å². The monoisotopic (exact) mass is 387 g/mol. The molecule has 0 amide bonds. The molecule has 0 bridgehead atoms. The summed E-state index contributed by atoms with van der Waals surface area (Å²) in [4.78, 5) is 15.7. The van der Waals surface area contributed by atoms with Gasteiger partial charge in [0.25, 0.3) is 0 Å². The minimum absolute atomic E-state index is 0.0352. The summed E-state index contributed by atoms with van der Waals surface area (Å²) in [5, 5.41) is 3.53. The molecule has 2 nitrogen and oxygen atoms in total. The van der Waals surface area contributed by atoms with Gasteiger partial charge in [-0.25, -0.2) is 0 Å². The molecule has 132 valence electrons. The van der Waals surface area contributed by atoms with Crippen LogP contribution in [0.25, 0.3) is 5.70 Å². The van der Waals surface area contributed by atoms with Crippen LogP contribution in [0.5, 0.6) is 0 Å². The first-order valence-corrected chi connectivity index (χ1v) is 10.9. The van der Waals surface area contributed by atoms with Crippen molar-refractivity contribution in [3.63, 3.8) is 0 Å². The van der Waals surface area contributed by atoms with E-state index in [0.29, 0.717) is 0 Å². The Balaban J connectivity index is 1.71. The Kier molecular flexibility index (Phi) is 4.10. The number of Topliss-reactive ketones (excluding diaryl/α,β-unsaturated/α-hetero) is 1. The number of para-hydroxylation sites is 1. The number of ketones is 1. The van der Waals surface area contributed by atoms with Gasteiger partial charge in [0.2, 0.25) is 0 Å². The third kappa shape index (κ3) is 2.71. The van der Waals surface area contributed by atoms with Crippen molar-refractivity contribution in [3.05, 3.63) is 95.1 Å². The van der Waals surface area contributed by atoms with Crippen molar-refractivity contribution < 1.29 is 4.79 Å². The summed E-state index contributed by atoms with van der Waals surface area (Å²) in [6.07, 6.45) is 2.08. The maximum Gasteiger partial charge on any atom is 0.193 e. The molecule has 1 heterocycles. The maximum absolute atomic E-state index is 13.3. The molecule has 4 heteroatoms. The molecule has 0 spiro atoms. The highest BCUT2D eigenvalue weighted by Gasteiger charge is 2.37. The lowest BCUT2D eigenvalue weighted by atomic mass is 10.0. The van der Waals surface area contributed by atoms with Crippen LogP contribution in [0.1, 0.15) is 26.7 Å². The molecule has 1 atom stereocenters. The number of fused-ring (bicyclic) bond motifs is 3. The predicted octanol–water partition coefficient (Wildman–Crippen LogP) is 6.28. The Morgan fingerprint density at radius 2 is 1.59 bits per heavy atom. The van der Waals surface area contributed by atoms with Crippen LogP contribution in [0.4, 0.5) is 5.69 Å². The molecule has 5 rings (SSSR count). The van der Waals surface area contributed by atoms with Gasteiger partial charge in [-0.05, 0) is 36.1 Å². The van der Waals surface area contributed by atoms with E-state index < -0.39 is 0 Å². The van der Waals surface area contributed by atoms with Gasteiger partial charge in [0.05, 0.1) is 16.6 Å². The zero-order valence-corrected chi connectivity index (χ0v) is 16.4. The van der Waals surface area contributed by atoms with Crippen molar-refractivity contribution in [2.24, 2.45) is 0 Å². The molecule has 3 aromatic carbocycles. The molecular formula is C23H17NOS2. The summed E-state index contributed by atoms with van der Waals surface area (Å²) in [7, 11) is 0. The van der Waals surface area contributed by atoms with Crippen molar-refractivity contribution in [2.45, 2.75) is 15.0 Å². The van der Waals surface area contributed by atoms with Gasteiger partial charge in [-0.2, -0.15) is 0 Å². The first kappa shape index (κ1) is 16.7. The van der Waals surface area contributed by atoms with Gasteiger partial charge < -0.3 is 5.32 Å². The lowest BCUT2D eigenvalue weighted by Gasteiger charge is -2.17. The Bertz CT molecular complexity index is 1090. The molecular weight excluding hydrogens is 370 g/mol. The zero-order valence-electron chi connectivity index (χ0n) is 14.7.